The Morgan fingerprint density at radius 3 is 2.79 bits per heavy atom. The second-order valence-corrected chi connectivity index (χ2v) is 4.93. The molecule has 2 aromatic rings. The van der Waals surface area contributed by atoms with E-state index in [-0.39, 0.29) is 11.3 Å². The maximum Gasteiger partial charge on any atom is 0.337 e. The zero-order valence-electron chi connectivity index (χ0n) is 10.1. The highest BCUT2D eigenvalue weighted by molar-refractivity contribution is 9.10. The van der Waals surface area contributed by atoms with Crippen molar-refractivity contribution in [2.75, 3.05) is 11.1 Å². The van der Waals surface area contributed by atoms with Crippen LogP contribution in [0.3, 0.4) is 0 Å². The molecule has 0 unspecified atom stereocenters. The molecule has 0 aliphatic heterocycles. The van der Waals surface area contributed by atoms with Gasteiger partial charge in [-0.3, -0.25) is 0 Å². The number of carboxylic acids is 1. The number of nitrogens with zero attached hydrogens (tertiary/aromatic N) is 1. The van der Waals surface area contributed by atoms with Crippen LogP contribution in [0, 0.1) is 6.92 Å². The number of pyridine rings is 1. The van der Waals surface area contributed by atoms with Crippen molar-refractivity contribution in [2.45, 2.75) is 6.92 Å². The van der Waals surface area contributed by atoms with Gasteiger partial charge < -0.3 is 16.2 Å². The van der Waals surface area contributed by atoms with Crippen molar-refractivity contribution in [3.05, 3.63) is 46.1 Å². The second-order valence-electron chi connectivity index (χ2n) is 4.08. The number of nitrogens with two attached hydrogens (primary N) is 1. The number of benzene rings is 1. The topological polar surface area (TPSA) is 88.2 Å². The van der Waals surface area contributed by atoms with E-state index in [2.05, 4.69) is 26.2 Å². The highest BCUT2D eigenvalue weighted by Crippen LogP contribution is 2.28. The van der Waals surface area contributed by atoms with Crippen molar-refractivity contribution in [3.63, 3.8) is 0 Å². The number of aromatic nitrogens is 1. The van der Waals surface area contributed by atoms with Crippen LogP contribution in [0.2, 0.25) is 0 Å². The highest BCUT2D eigenvalue weighted by Gasteiger charge is 2.09. The molecule has 1 aromatic carbocycles. The zero-order valence-corrected chi connectivity index (χ0v) is 11.7. The van der Waals surface area contributed by atoms with E-state index in [4.69, 9.17) is 10.8 Å². The first kappa shape index (κ1) is 13.4. The minimum atomic E-state index is -1.05. The van der Waals surface area contributed by atoms with Crippen molar-refractivity contribution in [1.29, 1.82) is 0 Å². The molecule has 0 radical (unpaired) electrons. The van der Waals surface area contributed by atoms with E-state index in [1.54, 1.807) is 0 Å². The van der Waals surface area contributed by atoms with Gasteiger partial charge in [-0.15, -0.1) is 0 Å². The molecule has 0 bridgehead atoms. The van der Waals surface area contributed by atoms with Gasteiger partial charge in [-0.2, -0.15) is 0 Å². The molecule has 98 valence electrons. The summed E-state index contributed by atoms with van der Waals surface area (Å²) < 4.78 is 0.876. The first-order valence-electron chi connectivity index (χ1n) is 5.49. The monoisotopic (exact) mass is 321 g/mol. The van der Waals surface area contributed by atoms with Gasteiger partial charge in [0.05, 0.1) is 16.9 Å². The normalized spacial score (nSPS) is 10.2. The summed E-state index contributed by atoms with van der Waals surface area (Å²) in [6.07, 6.45) is 1.27. The molecule has 6 heteroatoms. The predicted molar refractivity (Wildman–Crippen MR) is 77.8 cm³/mol. The third-order valence-electron chi connectivity index (χ3n) is 2.54. The fourth-order valence-electron chi connectivity index (χ4n) is 1.57. The Labute approximate surface area is 118 Å². The summed E-state index contributed by atoms with van der Waals surface area (Å²) in [6, 6.07) is 7.21. The third kappa shape index (κ3) is 3.03. The van der Waals surface area contributed by atoms with Crippen molar-refractivity contribution in [2.24, 2.45) is 0 Å². The summed E-state index contributed by atoms with van der Waals surface area (Å²) >= 11 is 3.42. The molecule has 19 heavy (non-hydrogen) atoms. The minimum Gasteiger partial charge on any atom is -0.478 e. The van der Waals surface area contributed by atoms with Gasteiger partial charge in [0, 0.05) is 10.7 Å². The summed E-state index contributed by atoms with van der Waals surface area (Å²) in [6.45, 7) is 1.97. The Bertz CT molecular complexity index is 644. The number of hydrogen-bond donors (Lipinski definition) is 3. The number of anilines is 3. The second kappa shape index (κ2) is 5.27. The SMILES string of the molecule is Cc1ccc(Br)c(Nc2ncc(C(=O)O)cc2N)c1. The molecule has 0 amide bonds. The molecule has 0 aliphatic carbocycles. The Morgan fingerprint density at radius 2 is 2.16 bits per heavy atom. The van der Waals surface area contributed by atoms with E-state index in [1.165, 1.54) is 12.3 Å². The number of aromatic carboxylic acids is 1. The Morgan fingerprint density at radius 1 is 1.42 bits per heavy atom. The lowest BCUT2D eigenvalue weighted by Gasteiger charge is -2.11. The number of aryl methyl sites for hydroxylation is 1. The molecular formula is C13H12BrN3O2. The zero-order chi connectivity index (χ0) is 14.0. The van der Waals surface area contributed by atoms with Gasteiger partial charge in [0.1, 0.15) is 0 Å². The molecule has 1 heterocycles. The van der Waals surface area contributed by atoms with E-state index in [0.717, 1.165) is 15.7 Å². The largest absolute Gasteiger partial charge is 0.478 e. The van der Waals surface area contributed by atoms with Crippen LogP contribution in [0.1, 0.15) is 15.9 Å². The molecule has 1 aromatic heterocycles. The number of rotatable bonds is 3. The van der Waals surface area contributed by atoms with Gasteiger partial charge >= 0.3 is 5.97 Å². The van der Waals surface area contributed by atoms with E-state index in [1.807, 2.05) is 25.1 Å². The van der Waals surface area contributed by atoms with Gasteiger partial charge in [0.2, 0.25) is 0 Å². The lowest BCUT2D eigenvalue weighted by molar-refractivity contribution is 0.0696. The van der Waals surface area contributed by atoms with E-state index < -0.39 is 5.97 Å². The summed E-state index contributed by atoms with van der Waals surface area (Å²) in [4.78, 5) is 14.8. The molecule has 0 spiro atoms. The van der Waals surface area contributed by atoms with Gasteiger partial charge in [-0.05, 0) is 46.6 Å². The molecule has 0 saturated carbocycles. The summed E-state index contributed by atoms with van der Waals surface area (Å²) in [5.41, 5.74) is 8.05. The molecule has 2 rings (SSSR count). The Kier molecular flexibility index (Phi) is 3.71. The fraction of sp³-hybridized carbons (Fsp3) is 0.0769. The van der Waals surface area contributed by atoms with Crippen LogP contribution in [-0.4, -0.2) is 16.1 Å². The molecule has 5 nitrogen and oxygen atoms in total. The minimum absolute atomic E-state index is 0.0614. The number of halogens is 1. The smallest absolute Gasteiger partial charge is 0.337 e. The maximum absolute atomic E-state index is 10.8. The molecule has 0 atom stereocenters. The van der Waals surface area contributed by atoms with Crippen LogP contribution in [0.15, 0.2) is 34.9 Å². The van der Waals surface area contributed by atoms with Crippen LogP contribution in [0.25, 0.3) is 0 Å². The number of nitrogens with one attached hydrogen (secondary N) is 1. The maximum atomic E-state index is 10.8. The number of carboxylic acid groups (broad SMARTS) is 1. The summed E-state index contributed by atoms with van der Waals surface area (Å²) in [7, 11) is 0. The number of carbonyl (C=O) groups is 1. The van der Waals surface area contributed by atoms with Crippen LogP contribution in [0.5, 0.6) is 0 Å². The molecule has 0 saturated heterocycles. The molecule has 0 fully saturated rings. The van der Waals surface area contributed by atoms with Crippen molar-refractivity contribution < 1.29 is 9.90 Å². The highest BCUT2D eigenvalue weighted by atomic mass is 79.9. The van der Waals surface area contributed by atoms with Gasteiger partial charge in [-0.1, -0.05) is 6.07 Å². The lowest BCUT2D eigenvalue weighted by atomic mass is 10.2. The third-order valence-corrected chi connectivity index (χ3v) is 3.23. The van der Waals surface area contributed by atoms with Crippen LogP contribution in [0.4, 0.5) is 17.2 Å². The quantitative estimate of drug-likeness (QED) is 0.808. The number of nitrogen functional groups attached to an aromatic ring is 1. The molecular weight excluding hydrogens is 310 g/mol. The molecule has 4 N–H and O–H groups in total. The lowest BCUT2D eigenvalue weighted by Crippen LogP contribution is -2.04. The predicted octanol–water partition coefficient (Wildman–Crippen LogP) is 3.18. The molecule has 0 aliphatic rings. The standard InChI is InChI=1S/C13H12BrN3O2/c1-7-2-3-9(14)11(4-7)17-12-10(15)5-8(6-16-12)13(18)19/h2-6H,15H2,1H3,(H,16,17)(H,18,19). The van der Waals surface area contributed by atoms with Crippen molar-refractivity contribution >= 4 is 39.1 Å². The van der Waals surface area contributed by atoms with E-state index in [0.29, 0.717) is 5.82 Å². The average molecular weight is 322 g/mol. The van der Waals surface area contributed by atoms with Crippen LogP contribution in [-0.2, 0) is 0 Å². The van der Waals surface area contributed by atoms with Crippen LogP contribution < -0.4 is 11.1 Å². The number of hydrogen-bond acceptors (Lipinski definition) is 4. The van der Waals surface area contributed by atoms with Crippen molar-refractivity contribution in [3.8, 4) is 0 Å². The Hall–Kier alpha value is -2.08. The Balaban J connectivity index is 2.33. The summed E-state index contributed by atoms with van der Waals surface area (Å²) in [5.74, 6) is -0.626. The van der Waals surface area contributed by atoms with Crippen molar-refractivity contribution in [1.82, 2.24) is 4.98 Å². The van der Waals surface area contributed by atoms with E-state index >= 15 is 0 Å². The average Bonchev–Trinajstić information content (AvgIpc) is 2.36. The first-order valence-corrected chi connectivity index (χ1v) is 6.28. The van der Waals surface area contributed by atoms with Gasteiger partial charge in [0.25, 0.3) is 0 Å². The van der Waals surface area contributed by atoms with Gasteiger partial charge in [0.15, 0.2) is 5.82 Å². The fourth-order valence-corrected chi connectivity index (χ4v) is 1.91. The van der Waals surface area contributed by atoms with E-state index in [9.17, 15) is 4.79 Å². The summed E-state index contributed by atoms with van der Waals surface area (Å²) in [5, 5.41) is 11.9. The first-order chi connectivity index (χ1) is 8.97. The van der Waals surface area contributed by atoms with Gasteiger partial charge in [-0.25, -0.2) is 9.78 Å². The van der Waals surface area contributed by atoms with Crippen LogP contribution >= 0.6 is 15.9 Å².